The number of rotatable bonds is 8. The molecule has 3 aromatic rings. The van der Waals surface area contributed by atoms with Gasteiger partial charge in [-0.1, -0.05) is 23.7 Å². The molecular formula is C22H23ClN2O4. The Balaban J connectivity index is 1.59. The molecule has 0 bridgehead atoms. The molecule has 0 unspecified atom stereocenters. The normalized spacial score (nSPS) is 11.7. The van der Waals surface area contributed by atoms with Gasteiger partial charge in [-0.25, -0.2) is 4.98 Å². The molecule has 0 saturated heterocycles. The highest BCUT2D eigenvalue weighted by molar-refractivity contribution is 6.30. The molecule has 29 heavy (non-hydrogen) atoms. The van der Waals surface area contributed by atoms with Gasteiger partial charge in [0, 0.05) is 23.9 Å². The van der Waals surface area contributed by atoms with Crippen LogP contribution in [-0.4, -0.2) is 25.1 Å². The summed E-state index contributed by atoms with van der Waals surface area (Å²) in [7, 11) is 3.18. The van der Waals surface area contributed by atoms with Crippen LogP contribution in [0.15, 0.2) is 53.1 Å². The first kappa shape index (κ1) is 20.7. The van der Waals surface area contributed by atoms with Gasteiger partial charge in [0.2, 0.25) is 5.91 Å². The zero-order valence-corrected chi connectivity index (χ0v) is 17.3. The summed E-state index contributed by atoms with van der Waals surface area (Å²) in [6.45, 7) is 1.93. The highest BCUT2D eigenvalue weighted by Crippen LogP contribution is 2.33. The van der Waals surface area contributed by atoms with Crippen LogP contribution in [0.3, 0.4) is 0 Å². The number of ether oxygens (including phenoxy) is 2. The van der Waals surface area contributed by atoms with Crippen LogP contribution in [0.25, 0.3) is 11.3 Å². The number of halogens is 1. The Morgan fingerprint density at radius 3 is 2.62 bits per heavy atom. The van der Waals surface area contributed by atoms with Gasteiger partial charge in [0.25, 0.3) is 0 Å². The molecule has 0 aliphatic rings. The summed E-state index contributed by atoms with van der Waals surface area (Å²) in [5.74, 6) is 2.31. The van der Waals surface area contributed by atoms with Crippen LogP contribution in [0.4, 0.5) is 0 Å². The lowest BCUT2D eigenvalue weighted by Gasteiger charge is -2.14. The first-order valence-electron chi connectivity index (χ1n) is 9.22. The van der Waals surface area contributed by atoms with Crippen LogP contribution in [0.1, 0.15) is 30.8 Å². The first-order chi connectivity index (χ1) is 14.0. The average Bonchev–Trinajstić information content (AvgIpc) is 3.21. The van der Waals surface area contributed by atoms with Gasteiger partial charge in [-0.3, -0.25) is 4.79 Å². The largest absolute Gasteiger partial charge is 0.497 e. The number of nitrogens with one attached hydrogen (secondary N) is 1. The van der Waals surface area contributed by atoms with Crippen molar-refractivity contribution in [1.82, 2.24) is 10.3 Å². The summed E-state index contributed by atoms with van der Waals surface area (Å²) in [6, 6.07) is 12.8. The van der Waals surface area contributed by atoms with Gasteiger partial charge < -0.3 is 19.2 Å². The smallest absolute Gasteiger partial charge is 0.220 e. The minimum absolute atomic E-state index is 0.0748. The van der Waals surface area contributed by atoms with Crippen molar-refractivity contribution in [3.63, 3.8) is 0 Å². The lowest BCUT2D eigenvalue weighted by Crippen LogP contribution is -2.26. The first-order valence-corrected chi connectivity index (χ1v) is 9.60. The van der Waals surface area contributed by atoms with Crippen LogP contribution in [-0.2, 0) is 11.2 Å². The molecule has 152 valence electrons. The number of aromatic nitrogens is 1. The van der Waals surface area contributed by atoms with Gasteiger partial charge in [0.15, 0.2) is 11.7 Å². The van der Waals surface area contributed by atoms with Crippen molar-refractivity contribution >= 4 is 17.5 Å². The van der Waals surface area contributed by atoms with E-state index in [1.165, 1.54) is 0 Å². The number of methoxy groups -OCH3 is 2. The number of hydrogen-bond donors (Lipinski definition) is 1. The summed E-state index contributed by atoms with van der Waals surface area (Å²) in [5.41, 5.74) is 1.76. The molecule has 0 aliphatic heterocycles. The van der Waals surface area contributed by atoms with Crippen LogP contribution < -0.4 is 14.8 Å². The topological polar surface area (TPSA) is 73.6 Å². The Labute approximate surface area is 174 Å². The molecule has 1 amide bonds. The number of amides is 1. The van der Waals surface area contributed by atoms with Crippen molar-refractivity contribution in [2.75, 3.05) is 14.2 Å². The van der Waals surface area contributed by atoms with Crippen molar-refractivity contribution < 1.29 is 18.7 Å². The summed E-state index contributed by atoms with van der Waals surface area (Å²) < 4.78 is 16.4. The number of benzene rings is 2. The fourth-order valence-electron chi connectivity index (χ4n) is 2.92. The zero-order chi connectivity index (χ0) is 20.8. The third-order valence-corrected chi connectivity index (χ3v) is 4.79. The van der Waals surface area contributed by atoms with E-state index < -0.39 is 0 Å². The van der Waals surface area contributed by atoms with Gasteiger partial charge in [0.1, 0.15) is 11.5 Å². The maximum atomic E-state index is 12.3. The molecule has 6 nitrogen and oxygen atoms in total. The predicted octanol–water partition coefficient (Wildman–Crippen LogP) is 4.82. The van der Waals surface area contributed by atoms with Gasteiger partial charge >= 0.3 is 0 Å². The molecule has 1 aromatic heterocycles. The van der Waals surface area contributed by atoms with E-state index in [9.17, 15) is 4.79 Å². The van der Waals surface area contributed by atoms with Crippen molar-refractivity contribution in [3.05, 3.63) is 65.1 Å². The number of hydrogen-bond acceptors (Lipinski definition) is 5. The van der Waals surface area contributed by atoms with Gasteiger partial charge in [0.05, 0.1) is 32.0 Å². The minimum atomic E-state index is -0.108. The van der Waals surface area contributed by atoms with Crippen LogP contribution in [0, 0.1) is 0 Å². The number of oxazole rings is 1. The van der Waals surface area contributed by atoms with Crippen LogP contribution in [0.5, 0.6) is 11.5 Å². The molecule has 0 spiro atoms. The molecular weight excluding hydrogens is 392 g/mol. The summed E-state index contributed by atoms with van der Waals surface area (Å²) >= 11 is 5.90. The SMILES string of the molecule is COc1ccc(-c2cnc(CCC(=O)N[C@H](C)c3ccc(Cl)cc3)o2)c(OC)c1. The fourth-order valence-corrected chi connectivity index (χ4v) is 3.05. The van der Waals surface area contributed by atoms with E-state index in [-0.39, 0.29) is 18.4 Å². The van der Waals surface area contributed by atoms with Crippen molar-refractivity contribution in [2.45, 2.75) is 25.8 Å². The van der Waals surface area contributed by atoms with E-state index in [1.54, 1.807) is 38.6 Å². The second-order valence-electron chi connectivity index (χ2n) is 6.53. The Bertz CT molecular complexity index is 969. The summed E-state index contributed by atoms with van der Waals surface area (Å²) in [4.78, 5) is 16.6. The lowest BCUT2D eigenvalue weighted by atomic mass is 10.1. The fraction of sp³-hybridized carbons (Fsp3) is 0.273. The Morgan fingerprint density at radius 2 is 1.93 bits per heavy atom. The summed E-state index contributed by atoms with van der Waals surface area (Å²) in [5, 5.41) is 3.64. The molecule has 0 saturated carbocycles. The highest BCUT2D eigenvalue weighted by atomic mass is 35.5. The number of nitrogens with zero attached hydrogens (tertiary/aromatic N) is 1. The quantitative estimate of drug-likeness (QED) is 0.571. The molecule has 3 rings (SSSR count). The van der Waals surface area contributed by atoms with E-state index in [4.69, 9.17) is 25.5 Å². The molecule has 0 aliphatic carbocycles. The standard InChI is InChI=1S/C22H23ClN2O4/c1-14(15-4-6-16(23)7-5-15)25-21(26)10-11-22-24-13-20(29-22)18-9-8-17(27-2)12-19(18)28-3/h4-9,12-14H,10-11H2,1-3H3,(H,25,26)/t14-/m1/s1. The van der Waals surface area contributed by atoms with E-state index in [0.29, 0.717) is 34.6 Å². The van der Waals surface area contributed by atoms with Crippen LogP contribution >= 0.6 is 11.6 Å². The molecule has 0 fully saturated rings. The molecule has 1 heterocycles. The van der Waals surface area contributed by atoms with Crippen LogP contribution in [0.2, 0.25) is 5.02 Å². The Hall–Kier alpha value is -2.99. The average molecular weight is 415 g/mol. The zero-order valence-electron chi connectivity index (χ0n) is 16.6. The molecule has 1 N–H and O–H groups in total. The molecule has 0 radical (unpaired) electrons. The number of carbonyl (C=O) groups excluding carboxylic acids is 1. The molecule has 7 heteroatoms. The number of carbonyl (C=O) groups is 1. The second kappa shape index (κ2) is 9.47. The van der Waals surface area contributed by atoms with Crippen molar-refractivity contribution in [3.8, 4) is 22.8 Å². The highest BCUT2D eigenvalue weighted by Gasteiger charge is 2.15. The number of aryl methyl sites for hydroxylation is 1. The van der Waals surface area contributed by atoms with Gasteiger partial charge in [-0.15, -0.1) is 0 Å². The van der Waals surface area contributed by atoms with E-state index in [2.05, 4.69) is 10.3 Å². The second-order valence-corrected chi connectivity index (χ2v) is 6.96. The Morgan fingerprint density at radius 1 is 1.17 bits per heavy atom. The Kier molecular flexibility index (Phi) is 6.77. The molecule has 1 atom stereocenters. The lowest BCUT2D eigenvalue weighted by molar-refractivity contribution is -0.121. The van der Waals surface area contributed by atoms with E-state index in [1.807, 2.05) is 31.2 Å². The summed E-state index contributed by atoms with van der Waals surface area (Å²) in [6.07, 6.45) is 2.31. The minimum Gasteiger partial charge on any atom is -0.497 e. The monoisotopic (exact) mass is 414 g/mol. The third-order valence-electron chi connectivity index (χ3n) is 4.54. The maximum absolute atomic E-state index is 12.3. The van der Waals surface area contributed by atoms with Gasteiger partial charge in [-0.2, -0.15) is 0 Å². The van der Waals surface area contributed by atoms with E-state index >= 15 is 0 Å². The van der Waals surface area contributed by atoms with E-state index in [0.717, 1.165) is 11.1 Å². The van der Waals surface area contributed by atoms with Gasteiger partial charge in [-0.05, 0) is 36.8 Å². The van der Waals surface area contributed by atoms with Crippen molar-refractivity contribution in [2.24, 2.45) is 0 Å². The predicted molar refractivity (Wildman–Crippen MR) is 111 cm³/mol. The van der Waals surface area contributed by atoms with Crippen molar-refractivity contribution in [1.29, 1.82) is 0 Å². The maximum Gasteiger partial charge on any atom is 0.220 e. The third kappa shape index (κ3) is 5.29. The molecule has 2 aromatic carbocycles.